The van der Waals surface area contributed by atoms with Gasteiger partial charge in [0, 0.05) is 44.7 Å². The van der Waals surface area contributed by atoms with Gasteiger partial charge in [-0.2, -0.15) is 4.98 Å². The van der Waals surface area contributed by atoms with Crippen LogP contribution in [0.4, 0.5) is 26.2 Å². The van der Waals surface area contributed by atoms with Gasteiger partial charge in [-0.05, 0) is 18.2 Å². The van der Waals surface area contributed by atoms with Crippen molar-refractivity contribution in [2.45, 2.75) is 26.3 Å². The molecule has 1 amide bonds. The highest BCUT2D eigenvalue weighted by atomic mass is 35.5. The Morgan fingerprint density at radius 2 is 1.83 bits per heavy atom. The highest BCUT2D eigenvalue weighted by Crippen LogP contribution is 2.38. The van der Waals surface area contributed by atoms with Gasteiger partial charge in [-0.3, -0.25) is 19.0 Å². The molecule has 1 aliphatic rings. The molecule has 1 fully saturated rings. The Morgan fingerprint density at radius 3 is 2.47 bits per heavy atom. The summed E-state index contributed by atoms with van der Waals surface area (Å²) in [6.07, 6.45) is 1.39. The molecule has 1 saturated heterocycles. The monoisotopic (exact) mass is 521 g/mol. The predicted molar refractivity (Wildman–Crippen MR) is 133 cm³/mol. The van der Waals surface area contributed by atoms with E-state index in [9.17, 15) is 23.2 Å². The van der Waals surface area contributed by atoms with Gasteiger partial charge < -0.3 is 20.1 Å². The molecule has 2 aromatic heterocycles. The third-order valence-corrected chi connectivity index (χ3v) is 6.80. The second-order valence-electron chi connectivity index (χ2n) is 9.01. The summed E-state index contributed by atoms with van der Waals surface area (Å²) in [5, 5.41) is 5.71. The molecule has 1 aromatic carbocycles. The summed E-state index contributed by atoms with van der Waals surface area (Å²) in [7, 11) is 2.91. The molecule has 0 saturated carbocycles. The number of amides is 1. The number of likely N-dealkylation sites (N-methyl/N-ethyl adjacent to an activating group) is 1. The molecule has 13 heteroatoms. The third kappa shape index (κ3) is 4.52. The number of carbonyl (C=O) groups is 1. The minimum atomic E-state index is -2.78. The van der Waals surface area contributed by atoms with Crippen molar-refractivity contribution in [2.75, 3.05) is 30.4 Å². The Morgan fingerprint density at radius 1 is 1.17 bits per heavy atom. The molecule has 3 heterocycles. The Hall–Kier alpha value is -3.54. The van der Waals surface area contributed by atoms with E-state index in [1.54, 1.807) is 23.1 Å². The van der Waals surface area contributed by atoms with E-state index in [-0.39, 0.29) is 36.4 Å². The van der Waals surface area contributed by atoms with Gasteiger partial charge in [-0.1, -0.05) is 25.4 Å². The van der Waals surface area contributed by atoms with Crippen LogP contribution in [0.1, 0.15) is 13.8 Å². The Balaban J connectivity index is 1.71. The first-order valence-corrected chi connectivity index (χ1v) is 11.7. The number of nitrogens with zero attached hydrogens (tertiary/aromatic N) is 5. The summed E-state index contributed by atoms with van der Waals surface area (Å²) < 4.78 is 30.9. The fourth-order valence-corrected chi connectivity index (χ4v) is 4.46. The van der Waals surface area contributed by atoms with Crippen molar-refractivity contribution in [1.29, 1.82) is 0 Å². The molecule has 0 spiro atoms. The van der Waals surface area contributed by atoms with Crippen molar-refractivity contribution in [3.8, 4) is 0 Å². The van der Waals surface area contributed by atoms with Gasteiger partial charge in [0.2, 0.25) is 11.9 Å². The summed E-state index contributed by atoms with van der Waals surface area (Å²) in [4.78, 5) is 47.4. The molecule has 0 aliphatic carbocycles. The number of carbonyl (C=O) groups excluding carboxylic acids is 1. The standard InChI is InChI=1S/C23H26ClF2N7O3/c1-12-9-32(10-13(2)23(12,25)26)22-28-8-15(24)19(30-22)29-14-5-6-16-17(7-14)33(11-18(34)27-3)21(36)20(35)31(16)4/h5-8,12-13H,9-11H2,1-4H3,(H,27,34)(H,28,29,30)/t12-,13+. The van der Waals surface area contributed by atoms with Crippen molar-refractivity contribution >= 4 is 46.0 Å². The van der Waals surface area contributed by atoms with Crippen molar-refractivity contribution in [1.82, 2.24) is 24.4 Å². The topological polar surface area (TPSA) is 114 Å². The molecular formula is C23H26ClF2N7O3. The zero-order valence-electron chi connectivity index (χ0n) is 20.2. The molecule has 1 aliphatic heterocycles. The van der Waals surface area contributed by atoms with Crippen LogP contribution in [0.25, 0.3) is 11.0 Å². The van der Waals surface area contributed by atoms with Crippen molar-refractivity contribution < 1.29 is 13.6 Å². The minimum Gasteiger partial charge on any atom is -0.358 e. The number of benzene rings is 1. The van der Waals surface area contributed by atoms with E-state index < -0.39 is 34.8 Å². The molecule has 4 rings (SSSR count). The van der Waals surface area contributed by atoms with E-state index in [0.717, 1.165) is 4.57 Å². The summed E-state index contributed by atoms with van der Waals surface area (Å²) in [6.45, 7) is 2.85. The molecular weight excluding hydrogens is 496 g/mol. The number of rotatable bonds is 5. The Labute approximate surface area is 209 Å². The average Bonchev–Trinajstić information content (AvgIpc) is 2.85. The van der Waals surface area contributed by atoms with Gasteiger partial charge in [0.05, 0.1) is 17.2 Å². The third-order valence-electron chi connectivity index (χ3n) is 6.52. The van der Waals surface area contributed by atoms with Crippen LogP contribution in [0.15, 0.2) is 34.0 Å². The fourth-order valence-electron chi connectivity index (χ4n) is 4.32. The van der Waals surface area contributed by atoms with Gasteiger partial charge in [-0.25, -0.2) is 13.8 Å². The van der Waals surface area contributed by atoms with E-state index in [1.807, 2.05) is 0 Å². The second kappa shape index (κ2) is 9.49. The van der Waals surface area contributed by atoms with Crippen LogP contribution in [0.5, 0.6) is 0 Å². The maximum atomic E-state index is 14.3. The number of aromatic nitrogens is 4. The van der Waals surface area contributed by atoms with Crippen LogP contribution in [0, 0.1) is 11.8 Å². The van der Waals surface area contributed by atoms with Gasteiger partial charge in [0.1, 0.15) is 11.6 Å². The molecule has 0 unspecified atom stereocenters. The average molecular weight is 522 g/mol. The molecule has 3 aromatic rings. The Bertz CT molecular complexity index is 1440. The summed E-state index contributed by atoms with van der Waals surface area (Å²) >= 11 is 6.32. The predicted octanol–water partition coefficient (Wildman–Crippen LogP) is 2.36. The summed E-state index contributed by atoms with van der Waals surface area (Å²) in [5.41, 5.74) is -0.322. The number of hydrogen-bond acceptors (Lipinski definition) is 7. The van der Waals surface area contributed by atoms with Gasteiger partial charge in [0.25, 0.3) is 5.92 Å². The molecule has 36 heavy (non-hydrogen) atoms. The minimum absolute atomic E-state index is 0.0915. The normalized spacial score (nSPS) is 19.4. The maximum Gasteiger partial charge on any atom is 0.317 e. The first-order valence-electron chi connectivity index (χ1n) is 11.3. The molecule has 192 valence electrons. The zero-order chi connectivity index (χ0) is 26.4. The van der Waals surface area contributed by atoms with E-state index in [4.69, 9.17) is 11.6 Å². The lowest BCUT2D eigenvalue weighted by Gasteiger charge is -2.41. The highest BCUT2D eigenvalue weighted by Gasteiger charge is 2.47. The van der Waals surface area contributed by atoms with Crippen LogP contribution >= 0.6 is 11.6 Å². The quantitative estimate of drug-likeness (QED) is 0.495. The van der Waals surface area contributed by atoms with Crippen LogP contribution in [0.3, 0.4) is 0 Å². The number of halogens is 3. The SMILES string of the molecule is CNC(=O)Cn1c(=O)c(=O)n(C)c2ccc(Nc3nc(N4C[C@@H](C)C(F)(F)[C@@H](C)C4)ncc3Cl)cc21. The van der Waals surface area contributed by atoms with E-state index in [2.05, 4.69) is 20.6 Å². The lowest BCUT2D eigenvalue weighted by Crippen LogP contribution is -2.52. The molecule has 0 radical (unpaired) electrons. The van der Waals surface area contributed by atoms with E-state index in [1.165, 1.54) is 38.7 Å². The van der Waals surface area contributed by atoms with E-state index in [0.29, 0.717) is 16.7 Å². The summed E-state index contributed by atoms with van der Waals surface area (Å²) in [6, 6.07) is 4.90. The Kier molecular flexibility index (Phi) is 6.74. The second-order valence-corrected chi connectivity index (χ2v) is 9.41. The number of fused-ring (bicyclic) bond motifs is 1. The van der Waals surface area contributed by atoms with Gasteiger partial charge in [-0.15, -0.1) is 0 Å². The van der Waals surface area contributed by atoms with Crippen LogP contribution in [-0.2, 0) is 18.4 Å². The zero-order valence-corrected chi connectivity index (χ0v) is 20.9. The lowest BCUT2D eigenvalue weighted by atomic mass is 9.87. The number of anilines is 3. The number of nitrogens with one attached hydrogen (secondary N) is 2. The summed E-state index contributed by atoms with van der Waals surface area (Å²) in [5.74, 6) is -4.47. The maximum absolute atomic E-state index is 14.3. The number of aryl methyl sites for hydroxylation is 1. The van der Waals surface area contributed by atoms with Crippen LogP contribution in [-0.4, -0.2) is 51.1 Å². The first kappa shape index (κ1) is 25.5. The number of piperidine rings is 1. The molecule has 0 bridgehead atoms. The largest absolute Gasteiger partial charge is 0.358 e. The van der Waals surface area contributed by atoms with Gasteiger partial charge in [0.15, 0.2) is 5.82 Å². The molecule has 2 atom stereocenters. The van der Waals surface area contributed by atoms with Crippen molar-refractivity contribution in [2.24, 2.45) is 18.9 Å². The smallest absolute Gasteiger partial charge is 0.317 e. The van der Waals surface area contributed by atoms with E-state index >= 15 is 0 Å². The number of alkyl halides is 2. The van der Waals surface area contributed by atoms with Crippen molar-refractivity contribution in [3.63, 3.8) is 0 Å². The van der Waals surface area contributed by atoms with Crippen LogP contribution < -0.4 is 26.7 Å². The first-order chi connectivity index (χ1) is 16.9. The molecule has 10 nitrogen and oxygen atoms in total. The number of hydrogen-bond donors (Lipinski definition) is 2. The fraction of sp³-hybridized carbons (Fsp3) is 0.435. The highest BCUT2D eigenvalue weighted by molar-refractivity contribution is 6.32. The van der Waals surface area contributed by atoms with Crippen molar-refractivity contribution in [3.05, 3.63) is 50.1 Å². The van der Waals surface area contributed by atoms with Gasteiger partial charge >= 0.3 is 11.1 Å². The molecule has 2 N–H and O–H groups in total. The van der Waals surface area contributed by atoms with Crippen LogP contribution in [0.2, 0.25) is 5.02 Å². The lowest BCUT2D eigenvalue weighted by molar-refractivity contribution is -0.121.